The number of aromatic nitrogens is 6. The van der Waals surface area contributed by atoms with Crippen molar-refractivity contribution >= 4 is 21.2 Å². The summed E-state index contributed by atoms with van der Waals surface area (Å²) in [6.07, 6.45) is 11.1. The largest absolute Gasteiger partial charge is 0.421 e. The van der Waals surface area contributed by atoms with E-state index in [1.54, 1.807) is 6.92 Å². The molecule has 2 aliphatic heterocycles. The Balaban J connectivity index is 1.31. The van der Waals surface area contributed by atoms with E-state index in [0.29, 0.717) is 46.4 Å². The van der Waals surface area contributed by atoms with E-state index in [2.05, 4.69) is 40.4 Å². The van der Waals surface area contributed by atoms with Gasteiger partial charge in [0.25, 0.3) is 0 Å². The number of rotatable bonds is 8. The van der Waals surface area contributed by atoms with Gasteiger partial charge in [-0.1, -0.05) is 19.9 Å². The molecule has 7 heterocycles. The predicted molar refractivity (Wildman–Crippen MR) is 177 cm³/mol. The fourth-order valence-corrected chi connectivity index (χ4v) is 9.75. The van der Waals surface area contributed by atoms with E-state index >= 15 is 0 Å². The first-order valence-corrected chi connectivity index (χ1v) is 18.3. The number of fused-ring (bicyclic) bond motifs is 3. The summed E-state index contributed by atoms with van der Waals surface area (Å²) in [4.78, 5) is 15.1. The lowest BCUT2D eigenvalue weighted by Gasteiger charge is -2.23. The van der Waals surface area contributed by atoms with E-state index < -0.39 is 9.84 Å². The number of aryl methyl sites for hydroxylation is 3. The van der Waals surface area contributed by atoms with Crippen LogP contribution in [0.4, 0.5) is 5.69 Å². The summed E-state index contributed by atoms with van der Waals surface area (Å²) in [7, 11) is -3.69. The van der Waals surface area contributed by atoms with Crippen LogP contribution < -0.4 is 5.32 Å². The molecule has 12 heteroatoms. The SMILES string of the molecule is Cc1nnc(-c2c(CCC3CCOCC3)nc3c(c2-c2cn4cccc(N[C@H]5CCc6ncccc65)c4n2)S(=O)(=O)C[C@H]3C(C)C)o1. The van der Waals surface area contributed by atoms with Gasteiger partial charge in [0.05, 0.1) is 45.0 Å². The molecule has 3 aliphatic rings. The van der Waals surface area contributed by atoms with Gasteiger partial charge in [0.1, 0.15) is 0 Å². The minimum Gasteiger partial charge on any atom is -0.421 e. The van der Waals surface area contributed by atoms with Crippen molar-refractivity contribution in [2.75, 3.05) is 24.3 Å². The standard InChI is InChI=1S/C35H39N7O4S/c1-20(2)24-19-47(43,44)33-30(31(35-41-40-21(3)46-35)27(38-32(24)33)9-8-22-12-16-45-17-13-22)29-18-42-15-5-7-28(34(42)39-29)37-26-11-10-25-23(26)6-4-14-36-25/h4-7,14-15,18,20,22,24,26,37H,8-13,16-17,19H2,1-3H3/t24-,26-/m0/s1. The minimum atomic E-state index is -3.69. The Bertz CT molecular complexity index is 2080. The van der Waals surface area contributed by atoms with Crippen LogP contribution in [0.3, 0.4) is 0 Å². The number of ether oxygens (including phenoxy) is 1. The first-order valence-electron chi connectivity index (χ1n) is 16.6. The van der Waals surface area contributed by atoms with Crippen LogP contribution in [0.15, 0.2) is 52.2 Å². The van der Waals surface area contributed by atoms with Gasteiger partial charge in [-0.15, -0.1) is 10.2 Å². The van der Waals surface area contributed by atoms with Crippen LogP contribution >= 0.6 is 0 Å². The molecular weight excluding hydrogens is 614 g/mol. The monoisotopic (exact) mass is 653 g/mol. The normalized spacial score (nSPS) is 20.6. The molecule has 0 aromatic carbocycles. The lowest BCUT2D eigenvalue weighted by atomic mass is 9.89. The molecule has 11 nitrogen and oxygen atoms in total. The lowest BCUT2D eigenvalue weighted by molar-refractivity contribution is 0.0639. The molecule has 5 aromatic heterocycles. The van der Waals surface area contributed by atoms with Crippen LogP contribution in [0.5, 0.6) is 0 Å². The van der Waals surface area contributed by atoms with Gasteiger partial charge in [-0.2, -0.15) is 0 Å². The van der Waals surface area contributed by atoms with Crippen molar-refractivity contribution in [2.24, 2.45) is 11.8 Å². The number of imidazole rings is 1. The van der Waals surface area contributed by atoms with Crippen LogP contribution in [-0.2, 0) is 27.4 Å². The highest BCUT2D eigenvalue weighted by molar-refractivity contribution is 7.92. The van der Waals surface area contributed by atoms with E-state index in [9.17, 15) is 8.42 Å². The second-order valence-electron chi connectivity index (χ2n) is 13.4. The first-order chi connectivity index (χ1) is 22.8. The molecule has 2 atom stereocenters. The van der Waals surface area contributed by atoms with Gasteiger partial charge < -0.3 is 18.9 Å². The number of anilines is 1. The minimum absolute atomic E-state index is 0.0149. The summed E-state index contributed by atoms with van der Waals surface area (Å²) in [5, 5.41) is 12.3. The van der Waals surface area contributed by atoms with Crippen molar-refractivity contribution in [3.05, 3.63) is 71.4 Å². The maximum Gasteiger partial charge on any atom is 0.250 e. The number of pyridine rings is 3. The fourth-order valence-electron chi connectivity index (χ4n) is 7.54. The van der Waals surface area contributed by atoms with Gasteiger partial charge in [-0.3, -0.25) is 9.97 Å². The molecule has 0 spiro atoms. The average molecular weight is 654 g/mol. The zero-order chi connectivity index (χ0) is 32.3. The number of hydrogen-bond donors (Lipinski definition) is 1. The summed E-state index contributed by atoms with van der Waals surface area (Å²) in [6.45, 7) is 7.39. The zero-order valence-corrected chi connectivity index (χ0v) is 27.8. The topological polar surface area (TPSA) is 137 Å². The van der Waals surface area contributed by atoms with Crippen molar-refractivity contribution in [1.82, 2.24) is 29.5 Å². The molecule has 0 saturated carbocycles. The highest BCUT2D eigenvalue weighted by atomic mass is 32.2. The molecule has 0 amide bonds. The predicted octanol–water partition coefficient (Wildman–Crippen LogP) is 6.14. The smallest absolute Gasteiger partial charge is 0.250 e. The maximum atomic E-state index is 14.1. The molecule has 1 fully saturated rings. The Morgan fingerprint density at radius 3 is 2.70 bits per heavy atom. The van der Waals surface area contributed by atoms with E-state index in [1.807, 2.05) is 41.2 Å². The van der Waals surface area contributed by atoms with E-state index in [4.69, 9.17) is 19.1 Å². The highest BCUT2D eigenvalue weighted by Gasteiger charge is 2.43. The summed E-state index contributed by atoms with van der Waals surface area (Å²) >= 11 is 0. The number of nitrogens with one attached hydrogen (secondary N) is 1. The molecule has 1 N–H and O–H groups in total. The quantitative estimate of drug-likeness (QED) is 0.208. The van der Waals surface area contributed by atoms with Gasteiger partial charge in [-0.05, 0) is 74.1 Å². The van der Waals surface area contributed by atoms with Crippen molar-refractivity contribution in [3.8, 4) is 22.7 Å². The van der Waals surface area contributed by atoms with Gasteiger partial charge >= 0.3 is 0 Å². The number of nitrogens with zero attached hydrogens (tertiary/aromatic N) is 6. The fraction of sp³-hybridized carbons (Fsp3) is 0.457. The summed E-state index contributed by atoms with van der Waals surface area (Å²) < 4.78 is 41.9. The molecule has 0 radical (unpaired) electrons. The molecule has 1 saturated heterocycles. The Kier molecular flexibility index (Phi) is 7.59. The van der Waals surface area contributed by atoms with E-state index in [0.717, 1.165) is 62.4 Å². The van der Waals surface area contributed by atoms with E-state index in [-0.39, 0.29) is 34.4 Å². The lowest BCUT2D eigenvalue weighted by Crippen LogP contribution is -2.17. The van der Waals surface area contributed by atoms with Gasteiger partial charge in [0.15, 0.2) is 15.5 Å². The Hall–Kier alpha value is -4.16. The number of sulfone groups is 1. The van der Waals surface area contributed by atoms with Crippen LogP contribution in [0.2, 0.25) is 0 Å². The highest BCUT2D eigenvalue weighted by Crippen LogP contribution is 2.48. The summed E-state index contributed by atoms with van der Waals surface area (Å²) in [5.74, 6) is 1.05. The average Bonchev–Trinajstić information content (AvgIpc) is 3.85. The molecule has 0 bridgehead atoms. The van der Waals surface area contributed by atoms with Crippen LogP contribution in [0.25, 0.3) is 28.4 Å². The van der Waals surface area contributed by atoms with Crippen molar-refractivity contribution < 1.29 is 17.6 Å². The van der Waals surface area contributed by atoms with Gasteiger partial charge in [0.2, 0.25) is 11.8 Å². The summed E-state index contributed by atoms with van der Waals surface area (Å²) in [5.41, 5.74) is 6.91. The van der Waals surface area contributed by atoms with E-state index in [1.165, 1.54) is 5.56 Å². The Labute approximate surface area is 274 Å². The van der Waals surface area contributed by atoms with Gasteiger partial charge in [0, 0.05) is 55.9 Å². The Morgan fingerprint density at radius 2 is 1.91 bits per heavy atom. The molecule has 5 aromatic rings. The number of hydrogen-bond acceptors (Lipinski definition) is 10. The second kappa shape index (κ2) is 11.8. The Morgan fingerprint density at radius 1 is 1.06 bits per heavy atom. The van der Waals surface area contributed by atoms with Crippen molar-refractivity contribution in [2.45, 2.75) is 76.2 Å². The molecule has 47 heavy (non-hydrogen) atoms. The third-order valence-electron chi connectivity index (χ3n) is 10.0. The van der Waals surface area contributed by atoms with Crippen molar-refractivity contribution in [1.29, 1.82) is 0 Å². The van der Waals surface area contributed by atoms with Crippen LogP contribution in [0.1, 0.15) is 80.0 Å². The van der Waals surface area contributed by atoms with Crippen molar-refractivity contribution in [3.63, 3.8) is 0 Å². The van der Waals surface area contributed by atoms with Gasteiger partial charge in [-0.25, -0.2) is 13.4 Å². The maximum absolute atomic E-state index is 14.1. The molecule has 0 unspecified atom stereocenters. The summed E-state index contributed by atoms with van der Waals surface area (Å²) in [6, 6.07) is 8.20. The molecule has 244 valence electrons. The second-order valence-corrected chi connectivity index (χ2v) is 15.4. The first kappa shape index (κ1) is 30.2. The molecule has 1 aliphatic carbocycles. The molecular formula is C35H39N7O4S. The third-order valence-corrected chi connectivity index (χ3v) is 11.9. The molecule has 8 rings (SSSR count). The third kappa shape index (κ3) is 5.41. The zero-order valence-electron chi connectivity index (χ0n) is 26.9. The van der Waals surface area contributed by atoms with Crippen LogP contribution in [0, 0.1) is 18.8 Å². The van der Waals surface area contributed by atoms with Crippen LogP contribution in [-0.4, -0.2) is 56.9 Å².